The molecule has 0 aromatic carbocycles. The Kier molecular flexibility index (Phi) is 1.27. The highest BCUT2D eigenvalue weighted by Crippen LogP contribution is 2.12. The number of aryl methyl sites for hydroxylation is 1. The van der Waals surface area contributed by atoms with Crippen molar-refractivity contribution in [2.24, 2.45) is 7.05 Å². The van der Waals surface area contributed by atoms with E-state index in [9.17, 15) is 0 Å². The highest BCUT2D eigenvalue weighted by molar-refractivity contribution is 5.23. The molecule has 53 valence electrons. The summed E-state index contributed by atoms with van der Waals surface area (Å²) in [6.45, 7) is 2.13. The molecule has 1 aromatic rings. The molecule has 0 fully saturated rings. The molecule has 1 N–H and O–H groups in total. The van der Waals surface area contributed by atoms with Gasteiger partial charge < -0.3 is 9.88 Å². The molecule has 1 aliphatic heterocycles. The molecule has 0 saturated carbocycles. The highest BCUT2D eigenvalue weighted by atomic mass is 15.0. The van der Waals surface area contributed by atoms with Crippen molar-refractivity contribution >= 4 is 0 Å². The van der Waals surface area contributed by atoms with Crippen LogP contribution in [0.3, 0.4) is 0 Å². The van der Waals surface area contributed by atoms with Crippen molar-refractivity contribution in [1.29, 1.82) is 0 Å². The minimum Gasteiger partial charge on any atom is -0.345 e. The van der Waals surface area contributed by atoms with Gasteiger partial charge in [-0.1, -0.05) is 0 Å². The van der Waals surface area contributed by atoms with Gasteiger partial charge in [-0.05, 0) is 24.6 Å². The van der Waals surface area contributed by atoms with Gasteiger partial charge in [-0.3, -0.25) is 0 Å². The van der Waals surface area contributed by atoms with Crippen molar-refractivity contribution < 1.29 is 0 Å². The molecule has 0 aliphatic carbocycles. The second-order valence-electron chi connectivity index (χ2n) is 2.73. The van der Waals surface area contributed by atoms with Gasteiger partial charge in [0.15, 0.2) is 0 Å². The Morgan fingerprint density at radius 2 is 2.60 bits per heavy atom. The maximum absolute atomic E-state index is 3.33. The van der Waals surface area contributed by atoms with Crippen LogP contribution in [0.4, 0.5) is 0 Å². The van der Waals surface area contributed by atoms with Crippen molar-refractivity contribution in [2.75, 3.05) is 6.54 Å². The Balaban J connectivity index is 2.45. The van der Waals surface area contributed by atoms with Crippen molar-refractivity contribution in [1.82, 2.24) is 9.88 Å². The van der Waals surface area contributed by atoms with Gasteiger partial charge in [0.2, 0.25) is 0 Å². The molecular formula is C8H11N2. The molecule has 1 radical (unpaired) electrons. The lowest BCUT2D eigenvalue weighted by Gasteiger charge is -2.14. The first-order valence-corrected chi connectivity index (χ1v) is 3.64. The van der Waals surface area contributed by atoms with Gasteiger partial charge in [0.05, 0.1) is 6.20 Å². The fourth-order valence-corrected chi connectivity index (χ4v) is 1.43. The topological polar surface area (TPSA) is 17.0 Å². The standard InChI is InChI=1S/C8H11N2/c1-10-5-3-7-2-4-9-6-8(7)10/h3,9H,2,4,6H2,1H3. The Morgan fingerprint density at radius 1 is 1.70 bits per heavy atom. The third kappa shape index (κ3) is 0.762. The highest BCUT2D eigenvalue weighted by Gasteiger charge is 2.10. The Labute approximate surface area is 60.9 Å². The van der Waals surface area contributed by atoms with E-state index in [1.807, 2.05) is 7.05 Å². The summed E-state index contributed by atoms with van der Waals surface area (Å²) in [6.07, 6.45) is 4.32. The lowest BCUT2D eigenvalue weighted by Crippen LogP contribution is -2.24. The average Bonchev–Trinajstić information content (AvgIpc) is 2.34. The first kappa shape index (κ1) is 5.98. The van der Waals surface area contributed by atoms with E-state index in [0.717, 1.165) is 19.5 Å². The lowest BCUT2D eigenvalue weighted by molar-refractivity contribution is 0.609. The summed E-state index contributed by atoms with van der Waals surface area (Å²) in [5.74, 6) is 0. The number of fused-ring (bicyclic) bond motifs is 1. The van der Waals surface area contributed by atoms with Crippen molar-refractivity contribution in [3.05, 3.63) is 23.5 Å². The molecule has 0 saturated heterocycles. The minimum atomic E-state index is 1.01. The normalized spacial score (nSPS) is 16.9. The predicted octanol–water partition coefficient (Wildman–Crippen LogP) is 0.471. The van der Waals surface area contributed by atoms with E-state index in [2.05, 4.69) is 22.1 Å². The van der Waals surface area contributed by atoms with Crippen LogP contribution in [-0.4, -0.2) is 11.1 Å². The van der Waals surface area contributed by atoms with E-state index in [1.165, 1.54) is 11.3 Å². The van der Waals surface area contributed by atoms with E-state index in [0.29, 0.717) is 0 Å². The van der Waals surface area contributed by atoms with Gasteiger partial charge in [0, 0.05) is 19.3 Å². The zero-order valence-corrected chi connectivity index (χ0v) is 6.15. The summed E-state index contributed by atoms with van der Waals surface area (Å²) in [4.78, 5) is 0. The van der Waals surface area contributed by atoms with Crippen LogP contribution in [0.1, 0.15) is 11.3 Å². The second kappa shape index (κ2) is 2.13. The molecule has 0 unspecified atom stereocenters. The zero-order valence-electron chi connectivity index (χ0n) is 6.15. The van der Waals surface area contributed by atoms with Gasteiger partial charge in [0.25, 0.3) is 0 Å². The van der Waals surface area contributed by atoms with Crippen molar-refractivity contribution in [3.8, 4) is 0 Å². The predicted molar refractivity (Wildman–Crippen MR) is 39.7 cm³/mol. The smallest absolute Gasteiger partial charge is 0.0650 e. The molecule has 2 rings (SSSR count). The number of rotatable bonds is 0. The number of aromatic nitrogens is 1. The Hall–Kier alpha value is -0.760. The molecule has 2 nitrogen and oxygen atoms in total. The van der Waals surface area contributed by atoms with Gasteiger partial charge in [0.1, 0.15) is 0 Å². The van der Waals surface area contributed by atoms with E-state index in [1.54, 1.807) is 0 Å². The minimum absolute atomic E-state index is 1.01. The fourth-order valence-electron chi connectivity index (χ4n) is 1.43. The molecule has 0 bridgehead atoms. The van der Waals surface area contributed by atoms with E-state index in [4.69, 9.17) is 0 Å². The van der Waals surface area contributed by atoms with Gasteiger partial charge in [-0.2, -0.15) is 0 Å². The maximum atomic E-state index is 3.33. The summed E-state index contributed by atoms with van der Waals surface area (Å²) >= 11 is 0. The van der Waals surface area contributed by atoms with Crippen LogP contribution in [0, 0.1) is 6.20 Å². The van der Waals surface area contributed by atoms with Crippen LogP contribution in [0.15, 0.2) is 6.07 Å². The maximum Gasteiger partial charge on any atom is 0.0650 e. The Bertz CT molecular complexity index is 237. The molecule has 0 spiro atoms. The average molecular weight is 135 g/mol. The van der Waals surface area contributed by atoms with Crippen molar-refractivity contribution in [3.63, 3.8) is 0 Å². The number of hydrogen-bond donors (Lipinski definition) is 1. The summed E-state index contributed by atoms with van der Waals surface area (Å²) in [5.41, 5.74) is 2.85. The molecule has 10 heavy (non-hydrogen) atoms. The van der Waals surface area contributed by atoms with Gasteiger partial charge in [-0.25, -0.2) is 0 Å². The van der Waals surface area contributed by atoms with Gasteiger partial charge in [-0.15, -0.1) is 0 Å². The zero-order chi connectivity index (χ0) is 6.97. The number of nitrogens with one attached hydrogen (secondary N) is 1. The van der Waals surface area contributed by atoms with Crippen LogP contribution < -0.4 is 5.32 Å². The largest absolute Gasteiger partial charge is 0.345 e. The molecule has 1 aliphatic rings. The number of hydrogen-bond acceptors (Lipinski definition) is 1. The number of nitrogens with zero attached hydrogens (tertiary/aromatic N) is 1. The quantitative estimate of drug-likeness (QED) is 0.547. The van der Waals surface area contributed by atoms with E-state index >= 15 is 0 Å². The summed E-state index contributed by atoms with van der Waals surface area (Å²) in [6, 6.07) is 2.09. The van der Waals surface area contributed by atoms with E-state index in [-0.39, 0.29) is 0 Å². The third-order valence-electron chi connectivity index (χ3n) is 2.07. The van der Waals surface area contributed by atoms with Gasteiger partial charge >= 0.3 is 0 Å². The molecule has 2 heteroatoms. The van der Waals surface area contributed by atoms with Crippen LogP contribution in [0.5, 0.6) is 0 Å². The summed E-state index contributed by atoms with van der Waals surface area (Å²) in [7, 11) is 2.05. The molecule has 2 heterocycles. The van der Waals surface area contributed by atoms with Crippen LogP contribution in [-0.2, 0) is 20.0 Å². The van der Waals surface area contributed by atoms with Crippen LogP contribution >= 0.6 is 0 Å². The van der Waals surface area contributed by atoms with Crippen molar-refractivity contribution in [2.45, 2.75) is 13.0 Å². The molecule has 0 atom stereocenters. The molecule has 1 aromatic heterocycles. The first-order chi connectivity index (χ1) is 4.88. The molecular weight excluding hydrogens is 124 g/mol. The summed E-state index contributed by atoms with van der Waals surface area (Å²) < 4.78 is 2.07. The summed E-state index contributed by atoms with van der Waals surface area (Å²) in [5, 5.41) is 3.33. The first-order valence-electron chi connectivity index (χ1n) is 3.64. The fraction of sp³-hybridized carbons (Fsp3) is 0.500. The molecule has 0 amide bonds. The van der Waals surface area contributed by atoms with Crippen LogP contribution in [0.2, 0.25) is 0 Å². The Morgan fingerprint density at radius 3 is 3.40 bits per heavy atom. The van der Waals surface area contributed by atoms with Crippen LogP contribution in [0.25, 0.3) is 0 Å². The SMILES string of the molecule is Cn1[c]cc2c1CNCC2. The monoisotopic (exact) mass is 135 g/mol. The third-order valence-corrected chi connectivity index (χ3v) is 2.07. The van der Waals surface area contributed by atoms with E-state index < -0.39 is 0 Å². The second-order valence-corrected chi connectivity index (χ2v) is 2.73. The lowest BCUT2D eigenvalue weighted by atomic mass is 10.1.